The van der Waals surface area contributed by atoms with Crippen LogP contribution < -0.4 is 0 Å². The van der Waals surface area contributed by atoms with Crippen LogP contribution in [0.15, 0.2) is 152 Å². The van der Waals surface area contributed by atoms with Gasteiger partial charge in [0.05, 0.1) is 28.1 Å². The minimum Gasteiger partial charge on any atom is -0.256 e. The Bertz CT molecular complexity index is 2230. The van der Waals surface area contributed by atoms with E-state index in [0.29, 0.717) is 0 Å². The molecule has 196 valence electrons. The standard InChI is InChI=1S/C39H25N3/c1-2-11-33-26(7-1)8-6-12-34(33)27-14-16-28(17-15-27)36-22-20-29-18-19-30-21-23-37(42-39(30)38(29)41-36)32-10-5-9-31(25-32)35-13-3-4-24-40-35/h1-25H. The zero-order chi connectivity index (χ0) is 27.9. The minimum absolute atomic E-state index is 0.905. The number of benzene rings is 5. The Morgan fingerprint density at radius 2 is 0.952 bits per heavy atom. The van der Waals surface area contributed by atoms with E-state index in [2.05, 4.69) is 132 Å². The zero-order valence-electron chi connectivity index (χ0n) is 22.8. The fourth-order valence-corrected chi connectivity index (χ4v) is 5.76. The Hall–Kier alpha value is -5.67. The van der Waals surface area contributed by atoms with Gasteiger partial charge in [0.15, 0.2) is 0 Å². The molecule has 3 heteroatoms. The molecule has 0 amide bonds. The maximum Gasteiger partial charge on any atom is 0.0972 e. The van der Waals surface area contributed by atoms with E-state index in [-0.39, 0.29) is 0 Å². The van der Waals surface area contributed by atoms with Gasteiger partial charge >= 0.3 is 0 Å². The van der Waals surface area contributed by atoms with Gasteiger partial charge in [0.2, 0.25) is 0 Å². The van der Waals surface area contributed by atoms with E-state index in [1.54, 1.807) is 0 Å². The molecule has 0 unspecified atom stereocenters. The first kappa shape index (κ1) is 24.2. The van der Waals surface area contributed by atoms with Gasteiger partial charge < -0.3 is 0 Å². The van der Waals surface area contributed by atoms with Crippen LogP contribution in [0.5, 0.6) is 0 Å². The summed E-state index contributed by atoms with van der Waals surface area (Å²) in [5.41, 5.74) is 10.2. The number of hydrogen-bond acceptors (Lipinski definition) is 3. The molecule has 8 rings (SSSR count). The van der Waals surface area contributed by atoms with Crippen molar-refractivity contribution in [2.24, 2.45) is 0 Å². The predicted octanol–water partition coefficient (Wildman–Crippen LogP) is 10.00. The molecule has 3 aromatic heterocycles. The van der Waals surface area contributed by atoms with Gasteiger partial charge in [-0.1, -0.05) is 115 Å². The fourth-order valence-electron chi connectivity index (χ4n) is 5.76. The van der Waals surface area contributed by atoms with Crippen molar-refractivity contribution >= 4 is 32.6 Å². The van der Waals surface area contributed by atoms with Crippen molar-refractivity contribution in [3.8, 4) is 44.9 Å². The van der Waals surface area contributed by atoms with E-state index >= 15 is 0 Å². The Morgan fingerprint density at radius 1 is 0.357 bits per heavy atom. The lowest BCUT2D eigenvalue weighted by molar-refractivity contribution is 1.32. The second kappa shape index (κ2) is 10.1. The van der Waals surface area contributed by atoms with Crippen LogP contribution in [-0.4, -0.2) is 15.0 Å². The van der Waals surface area contributed by atoms with Crippen molar-refractivity contribution in [2.45, 2.75) is 0 Å². The van der Waals surface area contributed by atoms with E-state index in [9.17, 15) is 0 Å². The first-order valence-corrected chi connectivity index (χ1v) is 14.1. The van der Waals surface area contributed by atoms with Crippen molar-refractivity contribution in [3.63, 3.8) is 0 Å². The number of aromatic nitrogens is 3. The third-order valence-corrected chi connectivity index (χ3v) is 7.92. The molecule has 0 atom stereocenters. The van der Waals surface area contributed by atoms with Gasteiger partial charge in [0.1, 0.15) is 0 Å². The van der Waals surface area contributed by atoms with E-state index in [1.165, 1.54) is 21.9 Å². The smallest absolute Gasteiger partial charge is 0.0972 e. The van der Waals surface area contributed by atoms with Crippen molar-refractivity contribution in [1.82, 2.24) is 15.0 Å². The number of pyridine rings is 3. The molecule has 0 bridgehead atoms. The maximum atomic E-state index is 5.15. The molecule has 0 saturated heterocycles. The number of nitrogens with zero attached hydrogens (tertiary/aromatic N) is 3. The van der Waals surface area contributed by atoms with E-state index in [0.717, 1.165) is 55.6 Å². The van der Waals surface area contributed by atoms with Crippen LogP contribution in [0.25, 0.3) is 77.5 Å². The zero-order valence-corrected chi connectivity index (χ0v) is 22.8. The first-order valence-electron chi connectivity index (χ1n) is 14.1. The highest BCUT2D eigenvalue weighted by atomic mass is 14.8. The molecule has 8 aromatic rings. The molecule has 0 spiro atoms. The lowest BCUT2D eigenvalue weighted by atomic mass is 9.97. The summed E-state index contributed by atoms with van der Waals surface area (Å²) in [4.78, 5) is 14.8. The molecule has 0 aliphatic heterocycles. The molecule has 0 fully saturated rings. The number of fused-ring (bicyclic) bond motifs is 4. The summed E-state index contributed by atoms with van der Waals surface area (Å²) >= 11 is 0. The van der Waals surface area contributed by atoms with Gasteiger partial charge in [0.25, 0.3) is 0 Å². The largest absolute Gasteiger partial charge is 0.256 e. The Kier molecular flexibility index (Phi) is 5.79. The molecule has 0 N–H and O–H groups in total. The third-order valence-electron chi connectivity index (χ3n) is 7.92. The van der Waals surface area contributed by atoms with E-state index in [4.69, 9.17) is 9.97 Å². The Labute approximate surface area is 243 Å². The molecular weight excluding hydrogens is 510 g/mol. The highest BCUT2D eigenvalue weighted by molar-refractivity contribution is 6.04. The normalized spacial score (nSPS) is 11.3. The van der Waals surface area contributed by atoms with Crippen LogP contribution in [0.2, 0.25) is 0 Å². The van der Waals surface area contributed by atoms with Crippen molar-refractivity contribution in [1.29, 1.82) is 0 Å². The van der Waals surface area contributed by atoms with Crippen LogP contribution in [0.3, 0.4) is 0 Å². The summed E-state index contributed by atoms with van der Waals surface area (Å²) in [6.45, 7) is 0. The molecule has 3 nitrogen and oxygen atoms in total. The SMILES string of the molecule is c1ccc(-c2cccc(-c3ccc4ccc5ccc(-c6ccc(-c7cccc8ccccc78)cc6)nc5c4n3)c2)nc1. The summed E-state index contributed by atoms with van der Waals surface area (Å²) < 4.78 is 0. The maximum absolute atomic E-state index is 5.15. The molecule has 0 radical (unpaired) electrons. The second-order valence-electron chi connectivity index (χ2n) is 10.5. The second-order valence-corrected chi connectivity index (χ2v) is 10.5. The highest BCUT2D eigenvalue weighted by Crippen LogP contribution is 2.32. The Morgan fingerprint density at radius 3 is 1.69 bits per heavy atom. The van der Waals surface area contributed by atoms with Gasteiger partial charge in [-0.3, -0.25) is 4.98 Å². The van der Waals surface area contributed by atoms with Gasteiger partial charge in [-0.25, -0.2) is 9.97 Å². The number of rotatable bonds is 4. The van der Waals surface area contributed by atoms with Gasteiger partial charge in [-0.2, -0.15) is 0 Å². The lowest BCUT2D eigenvalue weighted by Crippen LogP contribution is -1.91. The summed E-state index contributed by atoms with van der Waals surface area (Å²) in [5.74, 6) is 0. The quantitative estimate of drug-likeness (QED) is 0.211. The third kappa shape index (κ3) is 4.29. The van der Waals surface area contributed by atoms with Crippen LogP contribution >= 0.6 is 0 Å². The molecular formula is C39H25N3. The van der Waals surface area contributed by atoms with Crippen LogP contribution in [-0.2, 0) is 0 Å². The molecule has 0 aliphatic carbocycles. The molecule has 0 saturated carbocycles. The van der Waals surface area contributed by atoms with Crippen LogP contribution in [0.4, 0.5) is 0 Å². The Balaban J connectivity index is 1.19. The summed E-state index contributed by atoms with van der Waals surface area (Å²) in [7, 11) is 0. The monoisotopic (exact) mass is 535 g/mol. The molecule has 5 aromatic carbocycles. The van der Waals surface area contributed by atoms with Crippen LogP contribution in [0.1, 0.15) is 0 Å². The molecule has 0 aliphatic rings. The predicted molar refractivity (Wildman–Crippen MR) is 174 cm³/mol. The summed E-state index contributed by atoms with van der Waals surface area (Å²) in [5, 5.41) is 4.65. The number of hydrogen-bond donors (Lipinski definition) is 0. The van der Waals surface area contributed by atoms with Crippen molar-refractivity contribution in [2.75, 3.05) is 0 Å². The van der Waals surface area contributed by atoms with E-state index < -0.39 is 0 Å². The van der Waals surface area contributed by atoms with Crippen molar-refractivity contribution in [3.05, 3.63) is 152 Å². The van der Waals surface area contributed by atoms with Crippen LogP contribution in [0, 0.1) is 0 Å². The van der Waals surface area contributed by atoms with Gasteiger partial charge in [-0.15, -0.1) is 0 Å². The summed E-state index contributed by atoms with van der Waals surface area (Å²) in [6.07, 6.45) is 1.82. The van der Waals surface area contributed by atoms with Gasteiger partial charge in [-0.05, 0) is 52.2 Å². The highest BCUT2D eigenvalue weighted by Gasteiger charge is 2.11. The average Bonchev–Trinajstić information content (AvgIpc) is 3.08. The minimum atomic E-state index is 0.905. The summed E-state index contributed by atoms with van der Waals surface area (Å²) in [6, 6.07) is 50.8. The first-order chi connectivity index (χ1) is 20.8. The van der Waals surface area contributed by atoms with Crippen molar-refractivity contribution < 1.29 is 0 Å². The average molecular weight is 536 g/mol. The lowest BCUT2D eigenvalue weighted by Gasteiger charge is -2.10. The van der Waals surface area contributed by atoms with E-state index in [1.807, 2.05) is 24.4 Å². The molecule has 3 heterocycles. The fraction of sp³-hybridized carbons (Fsp3) is 0. The topological polar surface area (TPSA) is 38.7 Å². The van der Waals surface area contributed by atoms with Gasteiger partial charge in [0, 0.05) is 33.7 Å². The molecule has 42 heavy (non-hydrogen) atoms.